The fourth-order valence-electron chi connectivity index (χ4n) is 4.78. The van der Waals surface area contributed by atoms with Gasteiger partial charge in [0, 0.05) is 43.3 Å². The SMILES string of the molecule is Cc1cnc(C2CCC2)n1C1CCCN(C(=O)c2nn(C)c3ccccc23)C1. The number of piperidine rings is 1. The van der Waals surface area contributed by atoms with Crippen molar-refractivity contribution in [2.75, 3.05) is 13.1 Å². The number of imidazole rings is 1. The molecule has 0 N–H and O–H groups in total. The summed E-state index contributed by atoms with van der Waals surface area (Å²) in [5.41, 5.74) is 2.78. The Bertz CT molecular complexity index is 1030. The van der Waals surface area contributed by atoms with E-state index in [2.05, 4.69) is 16.6 Å². The van der Waals surface area contributed by atoms with Crippen LogP contribution >= 0.6 is 0 Å². The summed E-state index contributed by atoms with van der Waals surface area (Å²) in [7, 11) is 1.90. The molecule has 2 aromatic heterocycles. The van der Waals surface area contributed by atoms with E-state index in [0.717, 1.165) is 36.8 Å². The molecular formula is C22H27N5O. The number of aryl methyl sites for hydroxylation is 2. The van der Waals surface area contributed by atoms with E-state index in [1.807, 2.05) is 42.4 Å². The molecule has 28 heavy (non-hydrogen) atoms. The maximum absolute atomic E-state index is 13.3. The van der Waals surface area contributed by atoms with Crippen LogP contribution in [-0.2, 0) is 7.05 Å². The summed E-state index contributed by atoms with van der Waals surface area (Å²) in [6, 6.07) is 8.27. The van der Waals surface area contributed by atoms with Crippen LogP contribution in [0.2, 0.25) is 0 Å². The molecule has 1 aliphatic heterocycles. The van der Waals surface area contributed by atoms with Gasteiger partial charge in [-0.25, -0.2) is 4.98 Å². The Morgan fingerprint density at radius 1 is 1.14 bits per heavy atom. The Morgan fingerprint density at radius 3 is 2.75 bits per heavy atom. The summed E-state index contributed by atoms with van der Waals surface area (Å²) in [6.45, 7) is 3.68. The maximum Gasteiger partial charge on any atom is 0.275 e. The molecule has 0 bridgehead atoms. The van der Waals surface area contributed by atoms with Crippen LogP contribution in [0.4, 0.5) is 0 Å². The molecule has 0 radical (unpaired) electrons. The minimum atomic E-state index is 0.0458. The average molecular weight is 377 g/mol. The maximum atomic E-state index is 13.3. The summed E-state index contributed by atoms with van der Waals surface area (Å²) in [6.07, 6.45) is 7.91. The molecule has 2 fully saturated rings. The quantitative estimate of drug-likeness (QED) is 0.697. The van der Waals surface area contributed by atoms with Crippen molar-refractivity contribution in [1.82, 2.24) is 24.2 Å². The van der Waals surface area contributed by atoms with Crippen molar-refractivity contribution in [3.8, 4) is 0 Å². The lowest BCUT2D eigenvalue weighted by Crippen LogP contribution is -2.41. The summed E-state index contributed by atoms with van der Waals surface area (Å²) >= 11 is 0. The molecule has 1 atom stereocenters. The van der Waals surface area contributed by atoms with E-state index < -0.39 is 0 Å². The van der Waals surface area contributed by atoms with E-state index >= 15 is 0 Å². The molecule has 1 aromatic carbocycles. The van der Waals surface area contributed by atoms with Crippen LogP contribution in [0.1, 0.15) is 66.1 Å². The summed E-state index contributed by atoms with van der Waals surface area (Å²) < 4.78 is 4.22. The van der Waals surface area contributed by atoms with Crippen LogP contribution in [0.5, 0.6) is 0 Å². The minimum Gasteiger partial charge on any atom is -0.335 e. The second-order valence-corrected chi connectivity index (χ2v) is 8.29. The first-order valence-corrected chi connectivity index (χ1v) is 10.4. The van der Waals surface area contributed by atoms with Crippen LogP contribution in [0.15, 0.2) is 30.5 Å². The molecule has 146 valence electrons. The number of amides is 1. The van der Waals surface area contributed by atoms with Crippen molar-refractivity contribution in [2.45, 2.75) is 51.0 Å². The number of hydrogen-bond donors (Lipinski definition) is 0. The molecule has 1 saturated heterocycles. The first-order valence-electron chi connectivity index (χ1n) is 10.4. The Kier molecular flexibility index (Phi) is 4.22. The van der Waals surface area contributed by atoms with Gasteiger partial charge in [0.25, 0.3) is 5.91 Å². The van der Waals surface area contributed by atoms with Crippen LogP contribution in [0, 0.1) is 6.92 Å². The van der Waals surface area contributed by atoms with Gasteiger partial charge in [-0.15, -0.1) is 0 Å². The molecule has 1 aliphatic carbocycles. The van der Waals surface area contributed by atoms with E-state index in [1.54, 1.807) is 4.68 Å². The molecule has 1 amide bonds. The second-order valence-electron chi connectivity index (χ2n) is 8.29. The number of benzene rings is 1. The molecule has 5 rings (SSSR count). The average Bonchev–Trinajstić information content (AvgIpc) is 3.21. The minimum absolute atomic E-state index is 0.0458. The number of rotatable bonds is 3. The Morgan fingerprint density at radius 2 is 1.96 bits per heavy atom. The van der Waals surface area contributed by atoms with Crippen molar-refractivity contribution in [3.05, 3.63) is 47.7 Å². The molecule has 1 saturated carbocycles. The lowest BCUT2D eigenvalue weighted by atomic mass is 9.84. The molecule has 1 unspecified atom stereocenters. The largest absolute Gasteiger partial charge is 0.335 e. The van der Waals surface area contributed by atoms with Crippen molar-refractivity contribution in [3.63, 3.8) is 0 Å². The highest BCUT2D eigenvalue weighted by molar-refractivity contribution is 6.04. The van der Waals surface area contributed by atoms with E-state index in [9.17, 15) is 4.79 Å². The molecule has 6 heteroatoms. The Hall–Kier alpha value is -2.63. The zero-order valence-electron chi connectivity index (χ0n) is 16.6. The van der Waals surface area contributed by atoms with Crippen LogP contribution < -0.4 is 0 Å². The van der Waals surface area contributed by atoms with E-state index in [1.165, 1.54) is 30.8 Å². The van der Waals surface area contributed by atoms with Crippen molar-refractivity contribution in [2.24, 2.45) is 7.05 Å². The molecule has 3 aromatic rings. The first kappa shape index (κ1) is 17.5. The standard InChI is InChI=1S/C22H27N5O/c1-15-13-23-21(16-7-5-8-16)27(15)17-9-6-12-26(14-17)22(28)20-18-10-3-4-11-19(18)25(2)24-20/h3-4,10-11,13,16-17H,5-9,12,14H2,1-2H3. The highest BCUT2D eigenvalue weighted by atomic mass is 16.2. The van der Waals surface area contributed by atoms with E-state index in [-0.39, 0.29) is 5.91 Å². The summed E-state index contributed by atoms with van der Waals surface area (Å²) in [5.74, 6) is 1.87. The fraction of sp³-hybridized carbons (Fsp3) is 0.500. The van der Waals surface area contributed by atoms with Gasteiger partial charge in [0.2, 0.25) is 0 Å². The van der Waals surface area contributed by atoms with Gasteiger partial charge in [0.15, 0.2) is 5.69 Å². The van der Waals surface area contributed by atoms with Gasteiger partial charge < -0.3 is 9.47 Å². The van der Waals surface area contributed by atoms with Crippen molar-refractivity contribution in [1.29, 1.82) is 0 Å². The topological polar surface area (TPSA) is 56.0 Å². The monoisotopic (exact) mass is 377 g/mol. The third-order valence-electron chi connectivity index (χ3n) is 6.49. The zero-order chi connectivity index (χ0) is 19.3. The predicted molar refractivity (Wildman–Crippen MR) is 108 cm³/mol. The zero-order valence-corrected chi connectivity index (χ0v) is 16.6. The first-order chi connectivity index (χ1) is 13.6. The molecule has 3 heterocycles. The Labute approximate surface area is 165 Å². The number of fused-ring (bicyclic) bond motifs is 1. The van der Waals surface area contributed by atoms with Gasteiger partial charge in [0.05, 0.1) is 11.6 Å². The third-order valence-corrected chi connectivity index (χ3v) is 6.49. The second kappa shape index (κ2) is 6.76. The normalized spacial score (nSPS) is 20.5. The van der Waals surface area contributed by atoms with E-state index in [4.69, 9.17) is 4.98 Å². The van der Waals surface area contributed by atoms with Gasteiger partial charge >= 0.3 is 0 Å². The molecular weight excluding hydrogens is 350 g/mol. The van der Waals surface area contributed by atoms with E-state index in [0.29, 0.717) is 17.7 Å². The number of para-hydroxylation sites is 1. The smallest absolute Gasteiger partial charge is 0.275 e. The summed E-state index contributed by atoms with van der Waals surface area (Å²) in [4.78, 5) is 20.1. The van der Waals surface area contributed by atoms with Crippen molar-refractivity contribution >= 4 is 16.8 Å². The third kappa shape index (κ3) is 2.74. The highest BCUT2D eigenvalue weighted by Gasteiger charge is 2.32. The van der Waals surface area contributed by atoms with Gasteiger partial charge in [-0.2, -0.15) is 5.10 Å². The van der Waals surface area contributed by atoms with Crippen LogP contribution in [-0.4, -0.2) is 43.2 Å². The lowest BCUT2D eigenvalue weighted by Gasteiger charge is -2.36. The van der Waals surface area contributed by atoms with Gasteiger partial charge in [-0.1, -0.05) is 24.6 Å². The summed E-state index contributed by atoms with van der Waals surface area (Å²) in [5, 5.41) is 5.48. The van der Waals surface area contributed by atoms with Gasteiger partial charge in [-0.3, -0.25) is 9.48 Å². The predicted octanol–water partition coefficient (Wildman–Crippen LogP) is 3.82. The fourth-order valence-corrected chi connectivity index (χ4v) is 4.78. The van der Waals surface area contributed by atoms with Gasteiger partial charge in [0.1, 0.15) is 5.82 Å². The van der Waals surface area contributed by atoms with Crippen LogP contribution in [0.3, 0.4) is 0 Å². The van der Waals surface area contributed by atoms with Crippen LogP contribution in [0.25, 0.3) is 10.9 Å². The lowest BCUT2D eigenvalue weighted by molar-refractivity contribution is 0.0670. The highest BCUT2D eigenvalue weighted by Crippen LogP contribution is 2.38. The van der Waals surface area contributed by atoms with Crippen molar-refractivity contribution < 1.29 is 4.79 Å². The number of nitrogens with zero attached hydrogens (tertiary/aromatic N) is 5. The number of likely N-dealkylation sites (tertiary alicyclic amines) is 1. The van der Waals surface area contributed by atoms with Gasteiger partial charge in [-0.05, 0) is 38.7 Å². The molecule has 2 aliphatic rings. The molecule has 6 nitrogen and oxygen atoms in total. The number of carbonyl (C=O) groups is 1. The number of hydrogen-bond acceptors (Lipinski definition) is 3. The Balaban J connectivity index is 1.43. The molecule has 0 spiro atoms. The number of aromatic nitrogens is 4. The number of carbonyl (C=O) groups excluding carboxylic acids is 1.